The second-order valence-electron chi connectivity index (χ2n) is 2.28. The van der Waals surface area contributed by atoms with Crippen molar-refractivity contribution in [3.63, 3.8) is 0 Å². The molecule has 0 aliphatic carbocycles. The van der Waals surface area contributed by atoms with E-state index >= 15 is 0 Å². The van der Waals surface area contributed by atoms with Gasteiger partial charge in [0.2, 0.25) is 0 Å². The van der Waals surface area contributed by atoms with E-state index in [0.29, 0.717) is 0 Å². The second kappa shape index (κ2) is 3.92. The summed E-state index contributed by atoms with van der Waals surface area (Å²) in [6, 6.07) is 6.10. The van der Waals surface area contributed by atoms with Crippen LogP contribution in [0.1, 0.15) is 12.5 Å². The first-order valence-corrected chi connectivity index (χ1v) is 4.61. The molecule has 0 bridgehead atoms. The van der Waals surface area contributed by atoms with Crippen LogP contribution in [0.5, 0.6) is 0 Å². The highest BCUT2D eigenvalue weighted by molar-refractivity contribution is 14.1. The zero-order valence-corrected chi connectivity index (χ0v) is 8.55. The minimum atomic E-state index is 1.00. The van der Waals surface area contributed by atoms with Crippen LogP contribution in [0.2, 0.25) is 0 Å². The predicted octanol–water partition coefficient (Wildman–Crippen LogP) is 2.14. The van der Waals surface area contributed by atoms with Crippen LogP contribution < -0.4 is 11.3 Å². The third-order valence-electron chi connectivity index (χ3n) is 1.62. The molecule has 3 heteroatoms. The van der Waals surface area contributed by atoms with Crippen molar-refractivity contribution in [1.82, 2.24) is 0 Å². The zero-order valence-electron chi connectivity index (χ0n) is 6.39. The highest BCUT2D eigenvalue weighted by Crippen LogP contribution is 2.21. The van der Waals surface area contributed by atoms with E-state index in [-0.39, 0.29) is 0 Å². The van der Waals surface area contributed by atoms with Gasteiger partial charge in [0, 0.05) is 3.57 Å². The summed E-state index contributed by atoms with van der Waals surface area (Å²) in [5.74, 6) is 5.32. The van der Waals surface area contributed by atoms with E-state index in [4.69, 9.17) is 5.84 Å². The Morgan fingerprint density at radius 1 is 1.55 bits per heavy atom. The molecule has 0 spiro atoms. The topological polar surface area (TPSA) is 38.0 Å². The van der Waals surface area contributed by atoms with Crippen LogP contribution in [-0.4, -0.2) is 0 Å². The molecule has 60 valence electrons. The summed E-state index contributed by atoms with van der Waals surface area (Å²) >= 11 is 2.30. The first-order chi connectivity index (χ1) is 5.29. The van der Waals surface area contributed by atoms with Gasteiger partial charge in [-0.05, 0) is 40.6 Å². The molecule has 1 rings (SSSR count). The number of hydrazine groups is 1. The lowest BCUT2D eigenvalue weighted by Crippen LogP contribution is -2.08. The van der Waals surface area contributed by atoms with E-state index in [9.17, 15) is 0 Å². The number of hydrogen-bond acceptors (Lipinski definition) is 2. The second-order valence-corrected chi connectivity index (χ2v) is 3.36. The van der Waals surface area contributed by atoms with E-state index in [1.165, 1.54) is 9.13 Å². The van der Waals surface area contributed by atoms with Crippen molar-refractivity contribution in [3.8, 4) is 0 Å². The van der Waals surface area contributed by atoms with Gasteiger partial charge in [0.25, 0.3) is 0 Å². The third-order valence-corrected chi connectivity index (χ3v) is 2.89. The SMILES string of the molecule is CCc1cccc(NN)c1I. The fourth-order valence-corrected chi connectivity index (χ4v) is 1.86. The Labute approximate surface area is 80.3 Å². The molecule has 0 heterocycles. The summed E-state index contributed by atoms with van der Waals surface area (Å²) in [5, 5.41) is 0. The molecule has 3 N–H and O–H groups in total. The summed E-state index contributed by atoms with van der Waals surface area (Å²) in [4.78, 5) is 0. The molecule has 0 saturated carbocycles. The van der Waals surface area contributed by atoms with Gasteiger partial charge in [-0.1, -0.05) is 19.1 Å². The third kappa shape index (κ3) is 1.84. The molecule has 1 aromatic rings. The maximum atomic E-state index is 5.32. The minimum Gasteiger partial charge on any atom is -0.323 e. The van der Waals surface area contributed by atoms with E-state index < -0.39 is 0 Å². The smallest absolute Gasteiger partial charge is 0.0621 e. The lowest BCUT2D eigenvalue weighted by molar-refractivity contribution is 1.12. The maximum Gasteiger partial charge on any atom is 0.0621 e. The van der Waals surface area contributed by atoms with E-state index in [1.54, 1.807) is 0 Å². The predicted molar refractivity (Wildman–Crippen MR) is 56.3 cm³/mol. The standard InChI is InChI=1S/C8H11IN2/c1-2-6-4-3-5-7(11-10)8(6)9/h3-5,11H,2,10H2,1H3. The van der Waals surface area contributed by atoms with Gasteiger partial charge >= 0.3 is 0 Å². The highest BCUT2D eigenvalue weighted by Gasteiger charge is 2.00. The Kier molecular flexibility index (Phi) is 3.14. The average Bonchev–Trinajstić information content (AvgIpc) is 2.05. The molecule has 0 aromatic heterocycles. The molecule has 0 amide bonds. The molecule has 2 nitrogen and oxygen atoms in total. The molecule has 0 radical (unpaired) electrons. The quantitative estimate of drug-likeness (QED) is 0.487. The van der Waals surface area contributed by atoms with E-state index in [2.05, 4.69) is 41.0 Å². The van der Waals surface area contributed by atoms with Crippen molar-refractivity contribution in [2.24, 2.45) is 5.84 Å². The molecule has 0 unspecified atom stereocenters. The Morgan fingerprint density at radius 3 is 2.82 bits per heavy atom. The van der Waals surface area contributed by atoms with Crippen molar-refractivity contribution in [2.45, 2.75) is 13.3 Å². The molecule has 0 aliphatic rings. The van der Waals surface area contributed by atoms with Crippen LogP contribution in [0.25, 0.3) is 0 Å². The normalized spacial score (nSPS) is 9.73. The number of benzene rings is 1. The van der Waals surface area contributed by atoms with Crippen molar-refractivity contribution < 1.29 is 0 Å². The number of hydrogen-bond donors (Lipinski definition) is 2. The molecular formula is C8H11IN2. The number of anilines is 1. The summed E-state index contributed by atoms with van der Waals surface area (Å²) in [7, 11) is 0. The number of halogens is 1. The first-order valence-electron chi connectivity index (χ1n) is 3.53. The summed E-state index contributed by atoms with van der Waals surface area (Å²) in [6.45, 7) is 2.14. The van der Waals surface area contributed by atoms with Crippen LogP contribution in [-0.2, 0) is 6.42 Å². The van der Waals surface area contributed by atoms with E-state index in [0.717, 1.165) is 12.1 Å². The molecule has 0 atom stereocenters. The van der Waals surface area contributed by atoms with Gasteiger partial charge in [-0.15, -0.1) is 0 Å². The van der Waals surface area contributed by atoms with E-state index in [1.807, 2.05) is 12.1 Å². The van der Waals surface area contributed by atoms with Gasteiger partial charge in [-0.25, -0.2) is 0 Å². The van der Waals surface area contributed by atoms with Gasteiger partial charge in [-0.2, -0.15) is 0 Å². The van der Waals surface area contributed by atoms with Crippen LogP contribution in [0.4, 0.5) is 5.69 Å². The Morgan fingerprint density at radius 2 is 2.27 bits per heavy atom. The van der Waals surface area contributed by atoms with Gasteiger partial charge < -0.3 is 5.43 Å². The van der Waals surface area contributed by atoms with Gasteiger partial charge in [0.1, 0.15) is 0 Å². The monoisotopic (exact) mass is 262 g/mol. The number of rotatable bonds is 2. The zero-order chi connectivity index (χ0) is 8.27. The first kappa shape index (κ1) is 8.80. The number of nitrogens with one attached hydrogen (secondary N) is 1. The molecule has 11 heavy (non-hydrogen) atoms. The maximum absolute atomic E-state index is 5.32. The molecule has 0 saturated heterocycles. The van der Waals surface area contributed by atoms with Crippen LogP contribution in [0.3, 0.4) is 0 Å². The van der Waals surface area contributed by atoms with Crippen LogP contribution in [0, 0.1) is 3.57 Å². The van der Waals surface area contributed by atoms with Crippen molar-refractivity contribution in [3.05, 3.63) is 27.3 Å². The molecule has 0 aliphatic heterocycles. The summed E-state index contributed by atoms with van der Waals surface area (Å²) in [6.07, 6.45) is 1.05. The van der Waals surface area contributed by atoms with Crippen molar-refractivity contribution in [1.29, 1.82) is 0 Å². The summed E-state index contributed by atoms with van der Waals surface area (Å²) in [5.41, 5.74) is 5.00. The van der Waals surface area contributed by atoms with Crippen LogP contribution in [0.15, 0.2) is 18.2 Å². The Hall–Kier alpha value is -0.290. The molecule has 1 aromatic carbocycles. The van der Waals surface area contributed by atoms with Gasteiger partial charge in [0.15, 0.2) is 0 Å². The lowest BCUT2D eigenvalue weighted by atomic mass is 10.1. The largest absolute Gasteiger partial charge is 0.323 e. The van der Waals surface area contributed by atoms with Gasteiger partial charge in [-0.3, -0.25) is 5.84 Å². The average molecular weight is 262 g/mol. The van der Waals surface area contributed by atoms with Crippen molar-refractivity contribution in [2.75, 3.05) is 5.43 Å². The Bertz CT molecular complexity index is 226. The lowest BCUT2D eigenvalue weighted by Gasteiger charge is -2.06. The minimum absolute atomic E-state index is 1.00. The highest BCUT2D eigenvalue weighted by atomic mass is 127. The molecule has 0 fully saturated rings. The number of nitrogens with two attached hydrogens (primary N) is 1. The molecular weight excluding hydrogens is 251 g/mol. The van der Waals surface area contributed by atoms with Gasteiger partial charge in [0.05, 0.1) is 5.69 Å². The number of nitrogen functional groups attached to an aromatic ring is 1. The van der Waals surface area contributed by atoms with Crippen molar-refractivity contribution >= 4 is 28.3 Å². The Balaban J connectivity index is 3.10. The number of aryl methyl sites for hydroxylation is 1. The fraction of sp³-hybridized carbons (Fsp3) is 0.250. The summed E-state index contributed by atoms with van der Waals surface area (Å²) < 4.78 is 1.22. The van der Waals surface area contributed by atoms with Crippen LogP contribution >= 0.6 is 22.6 Å². The fourth-order valence-electron chi connectivity index (χ4n) is 0.964.